The lowest BCUT2D eigenvalue weighted by atomic mass is 10.2. The van der Waals surface area contributed by atoms with Crippen molar-refractivity contribution in [2.24, 2.45) is 5.10 Å². The van der Waals surface area contributed by atoms with Gasteiger partial charge in [0.2, 0.25) is 0 Å². The summed E-state index contributed by atoms with van der Waals surface area (Å²) >= 11 is 0. The topological polar surface area (TPSA) is 102 Å². The van der Waals surface area contributed by atoms with Gasteiger partial charge in [-0.1, -0.05) is 17.7 Å². The van der Waals surface area contributed by atoms with Gasteiger partial charge in [-0.15, -0.1) is 0 Å². The molecule has 120 valence electrons. The van der Waals surface area contributed by atoms with E-state index < -0.39 is 14.8 Å². The Kier molecular flexibility index (Phi) is 5.07. The molecule has 0 unspecified atom stereocenters. The number of hydrogen-bond donors (Lipinski definition) is 1. The van der Waals surface area contributed by atoms with Gasteiger partial charge in [-0.05, 0) is 31.2 Å². The highest BCUT2D eigenvalue weighted by molar-refractivity contribution is 7.92. The highest BCUT2D eigenvalue weighted by Crippen LogP contribution is 2.15. The summed E-state index contributed by atoms with van der Waals surface area (Å²) in [4.78, 5) is 10.3. The second-order valence-electron chi connectivity index (χ2n) is 4.82. The summed E-state index contributed by atoms with van der Waals surface area (Å²) in [6.07, 6.45) is 1.25. The molecular formula is C15H15N3O4S. The summed E-state index contributed by atoms with van der Waals surface area (Å²) in [7, 11) is -3.43. The van der Waals surface area contributed by atoms with Crippen LogP contribution in [0.15, 0.2) is 58.5 Å². The number of nitrogens with zero attached hydrogens (tertiary/aromatic N) is 2. The highest BCUT2D eigenvalue weighted by atomic mass is 32.2. The van der Waals surface area contributed by atoms with E-state index in [1.807, 2.05) is 6.92 Å². The fraction of sp³-hybridized carbons (Fsp3) is 0.133. The zero-order valence-corrected chi connectivity index (χ0v) is 13.2. The number of hydrogen-bond acceptors (Lipinski definition) is 6. The number of nitrogens with one attached hydrogen (secondary N) is 1. The predicted molar refractivity (Wildman–Crippen MR) is 88.4 cm³/mol. The first kappa shape index (κ1) is 16.6. The van der Waals surface area contributed by atoms with Crippen LogP contribution in [0.1, 0.15) is 5.56 Å². The van der Waals surface area contributed by atoms with Crippen LogP contribution in [0, 0.1) is 17.0 Å². The maximum Gasteiger partial charge on any atom is 0.269 e. The Morgan fingerprint density at radius 2 is 1.74 bits per heavy atom. The average molecular weight is 333 g/mol. The third-order valence-corrected chi connectivity index (χ3v) is 4.62. The van der Waals surface area contributed by atoms with Crippen molar-refractivity contribution in [3.05, 3.63) is 64.2 Å². The molecule has 0 bridgehead atoms. The molecule has 0 aliphatic carbocycles. The molecule has 0 radical (unpaired) electrons. The number of aryl methyl sites for hydroxylation is 1. The molecule has 2 aromatic carbocycles. The molecule has 0 aromatic heterocycles. The van der Waals surface area contributed by atoms with E-state index in [0.717, 1.165) is 5.56 Å². The van der Waals surface area contributed by atoms with Crippen molar-refractivity contribution in [3.8, 4) is 0 Å². The first-order valence-corrected chi connectivity index (χ1v) is 8.35. The van der Waals surface area contributed by atoms with E-state index in [9.17, 15) is 18.5 Å². The third-order valence-electron chi connectivity index (χ3n) is 3.04. The fourth-order valence-corrected chi connectivity index (χ4v) is 2.77. The second kappa shape index (κ2) is 7.01. The molecule has 7 nitrogen and oxygen atoms in total. The van der Waals surface area contributed by atoms with Gasteiger partial charge in [0.1, 0.15) is 0 Å². The Bertz CT molecular complexity index is 813. The summed E-state index contributed by atoms with van der Waals surface area (Å²) in [6, 6.07) is 12.2. The maximum absolute atomic E-state index is 12.1. The molecule has 0 spiro atoms. The normalized spacial score (nSPS) is 11.5. The summed E-state index contributed by atoms with van der Waals surface area (Å²) in [5.41, 5.74) is 4.11. The van der Waals surface area contributed by atoms with Crippen molar-refractivity contribution in [2.75, 3.05) is 11.2 Å². The Labute approximate surface area is 133 Å². The zero-order chi connectivity index (χ0) is 16.9. The lowest BCUT2D eigenvalue weighted by Gasteiger charge is -2.02. The van der Waals surface area contributed by atoms with Gasteiger partial charge >= 0.3 is 0 Å². The van der Waals surface area contributed by atoms with E-state index in [4.69, 9.17) is 0 Å². The summed E-state index contributed by atoms with van der Waals surface area (Å²) in [5.74, 6) is -0.240. The van der Waals surface area contributed by atoms with E-state index in [1.165, 1.54) is 30.5 Å². The van der Waals surface area contributed by atoms with Crippen molar-refractivity contribution in [1.29, 1.82) is 0 Å². The molecule has 0 aliphatic heterocycles. The molecule has 23 heavy (non-hydrogen) atoms. The van der Waals surface area contributed by atoms with E-state index in [0.29, 0.717) is 5.69 Å². The smallest absolute Gasteiger partial charge is 0.269 e. The molecule has 8 heteroatoms. The molecule has 2 aromatic rings. The van der Waals surface area contributed by atoms with Crippen LogP contribution in [-0.2, 0) is 9.84 Å². The maximum atomic E-state index is 12.1. The molecule has 0 aliphatic rings. The zero-order valence-electron chi connectivity index (χ0n) is 12.3. The van der Waals surface area contributed by atoms with Gasteiger partial charge < -0.3 is 0 Å². The van der Waals surface area contributed by atoms with Crippen molar-refractivity contribution in [2.45, 2.75) is 11.8 Å². The number of sulfone groups is 1. The number of nitro benzene ring substituents is 1. The number of nitro groups is 1. The minimum Gasteiger partial charge on any atom is -0.279 e. The van der Waals surface area contributed by atoms with Crippen LogP contribution in [0.5, 0.6) is 0 Å². The Morgan fingerprint density at radius 1 is 1.13 bits per heavy atom. The van der Waals surface area contributed by atoms with E-state index >= 15 is 0 Å². The highest BCUT2D eigenvalue weighted by Gasteiger charge is 2.12. The van der Waals surface area contributed by atoms with Gasteiger partial charge in [0, 0.05) is 18.3 Å². The van der Waals surface area contributed by atoms with Crippen molar-refractivity contribution in [1.82, 2.24) is 0 Å². The largest absolute Gasteiger partial charge is 0.279 e. The fourth-order valence-electron chi connectivity index (χ4n) is 1.76. The molecule has 1 N–H and O–H groups in total. The van der Waals surface area contributed by atoms with Crippen LogP contribution in [-0.4, -0.2) is 25.3 Å². The summed E-state index contributed by atoms with van der Waals surface area (Å²) in [6.45, 7) is 1.88. The van der Waals surface area contributed by atoms with Crippen molar-refractivity contribution in [3.63, 3.8) is 0 Å². The molecule has 0 saturated heterocycles. The Morgan fingerprint density at radius 3 is 2.30 bits per heavy atom. The molecule has 2 rings (SSSR count). The monoisotopic (exact) mass is 333 g/mol. The Balaban J connectivity index is 1.95. The van der Waals surface area contributed by atoms with Gasteiger partial charge in [-0.2, -0.15) is 5.10 Å². The molecular weight excluding hydrogens is 318 g/mol. The molecule has 0 saturated carbocycles. The standard InChI is InChI=1S/C15H15N3O4S/c1-12-2-8-15(9-3-12)23(21,22)11-10-16-17-13-4-6-14(7-5-13)18(19)20/h2-10,17H,11H2,1H3. The minimum absolute atomic E-state index is 0.0264. The van der Waals surface area contributed by atoms with Crippen LogP contribution in [0.2, 0.25) is 0 Å². The third kappa shape index (κ3) is 4.62. The first-order valence-electron chi connectivity index (χ1n) is 6.70. The SMILES string of the molecule is Cc1ccc(S(=O)(=O)CC=NNc2ccc([N+](=O)[O-])cc2)cc1. The number of benzene rings is 2. The molecule has 0 amide bonds. The number of rotatable bonds is 6. The Hall–Kier alpha value is -2.74. The summed E-state index contributed by atoms with van der Waals surface area (Å²) < 4.78 is 24.2. The van der Waals surface area contributed by atoms with Crippen LogP contribution >= 0.6 is 0 Å². The molecule has 0 atom stereocenters. The van der Waals surface area contributed by atoms with E-state index in [2.05, 4.69) is 10.5 Å². The molecule has 0 heterocycles. The quantitative estimate of drug-likeness (QED) is 0.497. The lowest BCUT2D eigenvalue weighted by Crippen LogP contribution is -2.08. The predicted octanol–water partition coefficient (Wildman–Crippen LogP) is 2.77. The van der Waals surface area contributed by atoms with Gasteiger partial charge in [0.05, 0.1) is 21.3 Å². The van der Waals surface area contributed by atoms with Gasteiger partial charge in [0.15, 0.2) is 9.84 Å². The number of anilines is 1. The number of non-ortho nitro benzene ring substituents is 1. The van der Waals surface area contributed by atoms with Crippen LogP contribution < -0.4 is 5.43 Å². The minimum atomic E-state index is -3.43. The van der Waals surface area contributed by atoms with E-state index in [-0.39, 0.29) is 16.3 Å². The number of hydrazone groups is 1. The van der Waals surface area contributed by atoms with Crippen molar-refractivity contribution < 1.29 is 13.3 Å². The molecule has 0 fully saturated rings. The average Bonchev–Trinajstić information content (AvgIpc) is 2.52. The van der Waals surface area contributed by atoms with Crippen LogP contribution in [0.4, 0.5) is 11.4 Å². The second-order valence-corrected chi connectivity index (χ2v) is 6.86. The lowest BCUT2D eigenvalue weighted by molar-refractivity contribution is -0.384. The van der Waals surface area contributed by atoms with E-state index in [1.54, 1.807) is 24.3 Å². The summed E-state index contributed by atoms with van der Waals surface area (Å²) in [5, 5.41) is 14.3. The van der Waals surface area contributed by atoms with Gasteiger partial charge in [0.25, 0.3) is 5.69 Å². The first-order chi connectivity index (χ1) is 10.9. The van der Waals surface area contributed by atoms with Crippen LogP contribution in [0.3, 0.4) is 0 Å². The van der Waals surface area contributed by atoms with Crippen LogP contribution in [0.25, 0.3) is 0 Å². The van der Waals surface area contributed by atoms with Gasteiger partial charge in [-0.3, -0.25) is 15.5 Å². The van der Waals surface area contributed by atoms with Crippen molar-refractivity contribution >= 4 is 27.4 Å². The van der Waals surface area contributed by atoms with Gasteiger partial charge in [-0.25, -0.2) is 8.42 Å².